The van der Waals surface area contributed by atoms with Gasteiger partial charge in [-0.3, -0.25) is 14.5 Å². The number of fused-ring (bicyclic) bond motifs is 3. The average Bonchev–Trinajstić information content (AvgIpc) is 4.05. The van der Waals surface area contributed by atoms with Crippen LogP contribution in [0.15, 0.2) is 85.2 Å². The molecule has 4 aromatic rings. The molecule has 3 saturated heterocycles. The highest BCUT2D eigenvalue weighted by atomic mass is 35.5. The first kappa shape index (κ1) is 40.2. The van der Waals surface area contributed by atoms with Gasteiger partial charge in [0.05, 0.1) is 6.61 Å². The van der Waals surface area contributed by atoms with Crippen LogP contribution in [0.3, 0.4) is 0 Å². The number of hydrogen-bond donors (Lipinski definition) is 2. The number of esters is 2. The third kappa shape index (κ3) is 10.7. The van der Waals surface area contributed by atoms with Gasteiger partial charge in [0.25, 0.3) is 5.91 Å². The Hall–Kier alpha value is -4.98. The van der Waals surface area contributed by atoms with Crippen molar-refractivity contribution in [2.45, 2.75) is 57.0 Å². The van der Waals surface area contributed by atoms with E-state index in [1.165, 1.54) is 30.6 Å². The quantitative estimate of drug-likeness (QED) is 0.106. The van der Waals surface area contributed by atoms with Crippen LogP contribution < -0.4 is 25.1 Å². The van der Waals surface area contributed by atoms with Gasteiger partial charge >= 0.3 is 18.6 Å². The Labute approximate surface area is 338 Å². The summed E-state index contributed by atoms with van der Waals surface area (Å²) in [6.45, 7) is -0.496. The highest BCUT2D eigenvalue weighted by Crippen LogP contribution is 2.38. The second kappa shape index (κ2) is 18.5. The summed E-state index contributed by atoms with van der Waals surface area (Å²) < 4.78 is 49.0. The van der Waals surface area contributed by atoms with Crippen LogP contribution >= 0.6 is 23.2 Å². The first-order valence-electron chi connectivity index (χ1n) is 19.0. The van der Waals surface area contributed by atoms with Gasteiger partial charge in [0.15, 0.2) is 29.9 Å². The number of nitrogens with zero attached hydrogens (tertiary/aromatic N) is 1. The second-order valence-corrected chi connectivity index (χ2v) is 15.3. The molecule has 3 N–H and O–H groups in total. The lowest BCUT2D eigenvalue weighted by Gasteiger charge is -2.44. The average molecular weight is 825 g/mol. The number of aromatic nitrogens is 1. The highest BCUT2D eigenvalue weighted by Gasteiger charge is 2.38. The molecule has 2 bridgehead atoms. The molecule has 4 aliphatic rings. The number of piperidine rings is 3. The van der Waals surface area contributed by atoms with E-state index in [4.69, 9.17) is 42.1 Å². The summed E-state index contributed by atoms with van der Waals surface area (Å²) in [7, 11) is 0. The maximum Gasteiger partial charge on any atom is 0.387 e. The molecule has 300 valence electrons. The standard InChI is InChI=1S/C42H42Cl2F2N4O7/c43-32-20-47-21-33(44)31(32)19-35(28-11-12-34(57-42(45)46)36(18-28)54-24-25-9-10-25)55-38(51)22-48-40(52)29-7-4-8-30(17-29)49-39(27-5-2-1-3-6-27)41(53)56-37-23-50-15-13-26(37)14-16-50/h1-8,11-12,17-18,20-21,25-26,35,37,39,42,49H,9-10,13-16,19,22-24H2,(H,48,52)/p+1/t35-,37-,39?/m0/s1. The second-order valence-electron chi connectivity index (χ2n) is 14.5. The highest BCUT2D eigenvalue weighted by molar-refractivity contribution is 6.35. The van der Waals surface area contributed by atoms with Gasteiger partial charge in [-0.05, 0) is 92.1 Å². The minimum atomic E-state index is -3.08. The lowest BCUT2D eigenvalue weighted by atomic mass is 9.86. The minimum absolute atomic E-state index is 0.0154. The fourth-order valence-corrected chi connectivity index (χ4v) is 7.70. The summed E-state index contributed by atoms with van der Waals surface area (Å²) in [6.07, 6.45) is 5.83. The molecule has 0 spiro atoms. The Morgan fingerprint density at radius 2 is 1.63 bits per heavy atom. The molecule has 11 nitrogen and oxygen atoms in total. The Bertz CT molecular complexity index is 2030. The zero-order chi connectivity index (χ0) is 39.9. The first-order valence-corrected chi connectivity index (χ1v) is 19.7. The smallest absolute Gasteiger partial charge is 0.387 e. The Morgan fingerprint density at radius 1 is 0.877 bits per heavy atom. The number of pyridine rings is 1. The molecule has 57 heavy (non-hydrogen) atoms. The van der Waals surface area contributed by atoms with Crippen LogP contribution in [0, 0.1) is 11.8 Å². The van der Waals surface area contributed by atoms with Gasteiger partial charge in [0.2, 0.25) is 0 Å². The number of hydrogen-bond acceptors (Lipinski definition) is 9. The number of nitrogens with one attached hydrogen (secondary N) is 3. The Balaban J connectivity index is 1.03. The van der Waals surface area contributed by atoms with Crippen LogP contribution in [0.1, 0.15) is 64.9 Å². The van der Waals surface area contributed by atoms with Crippen molar-refractivity contribution >= 4 is 46.7 Å². The summed E-state index contributed by atoms with van der Waals surface area (Å²) in [5, 5.41) is 6.44. The van der Waals surface area contributed by atoms with E-state index in [-0.39, 0.29) is 39.6 Å². The largest absolute Gasteiger partial charge is 0.489 e. The van der Waals surface area contributed by atoms with Gasteiger partial charge < -0.3 is 29.6 Å². The molecular weight excluding hydrogens is 781 g/mol. The summed E-state index contributed by atoms with van der Waals surface area (Å²) in [5.74, 6) is -1.17. The molecule has 1 saturated carbocycles. The molecule has 3 aliphatic heterocycles. The number of carbonyl (C=O) groups excluding carboxylic acids is 3. The van der Waals surface area contributed by atoms with Gasteiger partial charge in [0, 0.05) is 29.8 Å². The van der Waals surface area contributed by atoms with Crippen molar-refractivity contribution in [1.29, 1.82) is 0 Å². The number of carbonyl (C=O) groups is 3. The SMILES string of the molecule is O=C(CNC(=O)c1cccc(NC(C(=O)O[C@H]2CN3CCC2CC3)c2ccccc2)c1)O[C@@H](Cc1c(Cl)c[nH+]cc1Cl)c1ccc(OC(F)F)c(OCC2CC2)c1. The molecule has 1 aliphatic carbocycles. The molecule has 1 amide bonds. The lowest BCUT2D eigenvalue weighted by Crippen LogP contribution is -2.52. The van der Waals surface area contributed by atoms with Crippen molar-refractivity contribution in [2.75, 3.05) is 38.1 Å². The molecule has 15 heteroatoms. The number of benzene rings is 3. The molecule has 4 heterocycles. The van der Waals surface area contributed by atoms with Crippen LogP contribution in [0.4, 0.5) is 14.5 Å². The monoisotopic (exact) mass is 823 g/mol. The van der Waals surface area contributed by atoms with Gasteiger partial charge in [-0.15, -0.1) is 0 Å². The van der Waals surface area contributed by atoms with E-state index >= 15 is 0 Å². The van der Waals surface area contributed by atoms with Crippen molar-refractivity contribution in [3.8, 4) is 11.5 Å². The Kier molecular flexibility index (Phi) is 13.1. The maximum absolute atomic E-state index is 13.7. The predicted molar refractivity (Wildman–Crippen MR) is 207 cm³/mol. The van der Waals surface area contributed by atoms with Crippen LogP contribution in [0.25, 0.3) is 0 Å². The van der Waals surface area contributed by atoms with Crippen LogP contribution in [0.2, 0.25) is 10.0 Å². The van der Waals surface area contributed by atoms with Crippen molar-refractivity contribution in [2.24, 2.45) is 11.8 Å². The number of aromatic amines is 1. The van der Waals surface area contributed by atoms with E-state index < -0.39 is 43.1 Å². The molecular formula is C42H43Cl2F2N4O7+. The van der Waals surface area contributed by atoms with Crippen molar-refractivity contribution in [3.05, 3.63) is 117 Å². The van der Waals surface area contributed by atoms with Gasteiger partial charge in [0.1, 0.15) is 28.8 Å². The topological polar surface area (TPSA) is 130 Å². The van der Waals surface area contributed by atoms with Crippen LogP contribution in [0.5, 0.6) is 11.5 Å². The molecule has 3 aromatic carbocycles. The summed E-state index contributed by atoms with van der Waals surface area (Å²) >= 11 is 12.9. The summed E-state index contributed by atoms with van der Waals surface area (Å²) in [5.41, 5.74) is 2.31. The predicted octanol–water partition coefficient (Wildman–Crippen LogP) is 7.25. The third-order valence-corrected chi connectivity index (χ3v) is 11.1. The summed E-state index contributed by atoms with van der Waals surface area (Å²) in [4.78, 5) is 45.6. The van der Waals surface area contributed by atoms with E-state index in [2.05, 4.69) is 20.5 Å². The number of alkyl halides is 2. The maximum atomic E-state index is 13.7. The molecule has 1 aromatic heterocycles. The number of halogens is 4. The van der Waals surface area contributed by atoms with Gasteiger partial charge in [-0.1, -0.05) is 65.7 Å². The normalized spacial score (nSPS) is 19.6. The lowest BCUT2D eigenvalue weighted by molar-refractivity contribution is -0.377. The molecule has 0 radical (unpaired) electrons. The third-order valence-electron chi connectivity index (χ3n) is 10.4. The molecule has 4 fully saturated rings. The first-order chi connectivity index (χ1) is 27.6. The van der Waals surface area contributed by atoms with Crippen molar-refractivity contribution < 1.29 is 47.1 Å². The number of H-pyrrole nitrogens is 1. The zero-order valence-corrected chi connectivity index (χ0v) is 32.4. The number of ether oxygens (including phenoxy) is 4. The number of amides is 1. The van der Waals surface area contributed by atoms with Crippen molar-refractivity contribution in [1.82, 2.24) is 10.2 Å². The van der Waals surface area contributed by atoms with Crippen LogP contribution in [-0.4, -0.2) is 68.2 Å². The summed E-state index contributed by atoms with van der Waals surface area (Å²) in [6, 6.07) is 19.3. The van der Waals surface area contributed by atoms with Gasteiger partial charge in [-0.2, -0.15) is 8.78 Å². The zero-order valence-electron chi connectivity index (χ0n) is 30.9. The molecule has 3 atom stereocenters. The van der Waals surface area contributed by atoms with E-state index in [1.54, 1.807) is 24.3 Å². The fraction of sp³-hybridized carbons (Fsp3) is 0.381. The Morgan fingerprint density at radius 3 is 2.32 bits per heavy atom. The van der Waals surface area contributed by atoms with E-state index in [9.17, 15) is 23.2 Å². The fourth-order valence-electron chi connectivity index (χ4n) is 7.16. The van der Waals surface area contributed by atoms with E-state index in [1.807, 2.05) is 30.3 Å². The van der Waals surface area contributed by atoms with Gasteiger partial charge in [-0.25, -0.2) is 9.78 Å². The molecule has 8 rings (SSSR count). The molecule has 1 unspecified atom stereocenters. The van der Waals surface area contributed by atoms with E-state index in [0.29, 0.717) is 40.8 Å². The minimum Gasteiger partial charge on any atom is -0.489 e. The number of anilines is 1. The van der Waals surface area contributed by atoms with E-state index in [0.717, 1.165) is 45.3 Å². The number of rotatable bonds is 17. The van der Waals surface area contributed by atoms with Crippen LogP contribution in [-0.2, 0) is 25.5 Å². The van der Waals surface area contributed by atoms with Crippen molar-refractivity contribution in [3.63, 3.8) is 0 Å².